The van der Waals surface area contributed by atoms with Crippen LogP contribution in [0.2, 0.25) is 0 Å². The molecule has 1 atom stereocenters. The van der Waals surface area contributed by atoms with E-state index >= 15 is 0 Å². The Labute approximate surface area is 128 Å². The predicted molar refractivity (Wildman–Crippen MR) is 83.1 cm³/mol. The minimum absolute atomic E-state index is 0.108. The number of carbonyl (C=O) groups is 1. The monoisotopic (exact) mass is 346 g/mol. The van der Waals surface area contributed by atoms with E-state index < -0.39 is 0 Å². The summed E-state index contributed by atoms with van der Waals surface area (Å²) in [5.41, 5.74) is 9.35. The van der Waals surface area contributed by atoms with Gasteiger partial charge in [-0.05, 0) is 0 Å². The number of hydrogen-bond acceptors (Lipinski definition) is 4. The maximum atomic E-state index is 12.1. The molecule has 0 saturated heterocycles. The molecule has 3 N–H and O–H groups in total. The zero-order valence-corrected chi connectivity index (χ0v) is 12.9. The summed E-state index contributed by atoms with van der Waals surface area (Å²) < 4.78 is 8.64. The number of fused-ring (bicyclic) bond motifs is 1. The number of rotatable bonds is 4. The molecule has 6 heteroatoms. The molecule has 2 aromatic carbocycles. The van der Waals surface area contributed by atoms with Crippen molar-refractivity contribution in [2.24, 2.45) is 5.73 Å². The Morgan fingerprint density at radius 3 is 2.76 bits per heavy atom. The second kappa shape index (κ2) is 6.18. The van der Waals surface area contributed by atoms with Crippen molar-refractivity contribution in [1.82, 2.24) is 7.96 Å². The molecule has 1 aromatic heterocycles. The van der Waals surface area contributed by atoms with Gasteiger partial charge in [0.15, 0.2) is 0 Å². The van der Waals surface area contributed by atoms with E-state index in [-0.39, 0.29) is 33.3 Å². The molecule has 0 radical (unpaired) electrons. The first-order valence-corrected chi connectivity index (χ1v) is 8.09. The molecule has 0 fully saturated rings. The van der Waals surface area contributed by atoms with E-state index in [1.165, 1.54) is 0 Å². The van der Waals surface area contributed by atoms with Crippen molar-refractivity contribution in [3.63, 3.8) is 0 Å². The van der Waals surface area contributed by atoms with Gasteiger partial charge in [0.1, 0.15) is 0 Å². The van der Waals surface area contributed by atoms with E-state index in [9.17, 15) is 4.79 Å². The van der Waals surface area contributed by atoms with E-state index in [1.807, 2.05) is 48.5 Å². The molecule has 21 heavy (non-hydrogen) atoms. The Morgan fingerprint density at radius 2 is 1.95 bits per heavy atom. The van der Waals surface area contributed by atoms with Crippen LogP contribution in [0, 0.1) is 0 Å². The van der Waals surface area contributed by atoms with Crippen molar-refractivity contribution < 1.29 is 4.79 Å². The van der Waals surface area contributed by atoms with Crippen molar-refractivity contribution in [3.05, 3.63) is 54.1 Å². The summed E-state index contributed by atoms with van der Waals surface area (Å²) >= 11 is -0.108. The first-order chi connectivity index (χ1) is 10.2. The summed E-state index contributed by atoms with van der Waals surface area (Å²) in [5, 5.41) is 2.88. The molecule has 5 nitrogen and oxygen atoms in total. The van der Waals surface area contributed by atoms with Crippen molar-refractivity contribution in [2.45, 2.75) is 12.5 Å². The van der Waals surface area contributed by atoms with Crippen LogP contribution in [0.4, 0.5) is 5.69 Å². The van der Waals surface area contributed by atoms with Crippen LogP contribution >= 0.6 is 0 Å². The zero-order valence-electron chi connectivity index (χ0n) is 11.2. The van der Waals surface area contributed by atoms with Gasteiger partial charge in [0, 0.05) is 0 Å². The van der Waals surface area contributed by atoms with E-state index in [0.717, 1.165) is 16.6 Å². The molecular weight excluding hydrogens is 331 g/mol. The van der Waals surface area contributed by atoms with Crippen molar-refractivity contribution in [1.29, 1.82) is 0 Å². The van der Waals surface area contributed by atoms with Crippen LogP contribution in [-0.4, -0.2) is 28.8 Å². The number of carbonyl (C=O) groups excluding carboxylic acids is 1. The minimum atomic E-state index is -0.311. The van der Waals surface area contributed by atoms with Gasteiger partial charge in [-0.25, -0.2) is 0 Å². The third-order valence-electron chi connectivity index (χ3n) is 3.19. The Morgan fingerprint density at radius 1 is 1.14 bits per heavy atom. The van der Waals surface area contributed by atoms with E-state index in [0.29, 0.717) is 5.69 Å². The zero-order chi connectivity index (χ0) is 14.7. The number of nitrogens with two attached hydrogens (primary N) is 1. The molecular formula is C15H14N4OSe. The fourth-order valence-corrected chi connectivity index (χ4v) is 3.28. The first kappa shape index (κ1) is 13.9. The average molecular weight is 345 g/mol. The summed E-state index contributed by atoms with van der Waals surface area (Å²) in [7, 11) is 0. The molecule has 106 valence electrons. The van der Waals surface area contributed by atoms with Crippen LogP contribution < -0.4 is 11.1 Å². The standard InChI is InChI=1S/C15H14N4OSe/c16-11(10-5-2-1-3-6-10)9-14(20)17-12-7-4-8-13-15(12)19-21-18-13/h1-8,11H,9,16H2,(H,17,20). The first-order valence-electron chi connectivity index (χ1n) is 6.55. The summed E-state index contributed by atoms with van der Waals surface area (Å²) in [6.45, 7) is 0. The average Bonchev–Trinajstić information content (AvgIpc) is 2.97. The number of amides is 1. The quantitative estimate of drug-likeness (QED) is 0.706. The Bertz CT molecular complexity index is 756. The third kappa shape index (κ3) is 3.19. The molecule has 1 heterocycles. The van der Waals surface area contributed by atoms with Gasteiger partial charge < -0.3 is 0 Å². The van der Waals surface area contributed by atoms with Gasteiger partial charge in [0.05, 0.1) is 0 Å². The molecule has 0 aliphatic rings. The Hall–Kier alpha value is -2.01. The Kier molecular flexibility index (Phi) is 4.10. The molecule has 3 aromatic rings. The van der Waals surface area contributed by atoms with Gasteiger partial charge in [-0.1, -0.05) is 0 Å². The second-order valence-corrected chi connectivity index (χ2v) is 5.82. The number of anilines is 1. The van der Waals surface area contributed by atoms with Crippen LogP contribution in [-0.2, 0) is 4.79 Å². The van der Waals surface area contributed by atoms with Gasteiger partial charge >= 0.3 is 128 Å². The maximum absolute atomic E-state index is 12.1. The number of hydrogen-bond donors (Lipinski definition) is 2. The molecule has 0 aliphatic carbocycles. The summed E-state index contributed by atoms with van der Waals surface area (Å²) in [6, 6.07) is 14.9. The van der Waals surface area contributed by atoms with Crippen LogP contribution in [0.25, 0.3) is 11.0 Å². The molecule has 3 rings (SSSR count). The third-order valence-corrected chi connectivity index (χ3v) is 4.33. The van der Waals surface area contributed by atoms with Gasteiger partial charge in [0.25, 0.3) is 0 Å². The van der Waals surface area contributed by atoms with E-state index in [1.54, 1.807) is 0 Å². The molecule has 0 bridgehead atoms. The van der Waals surface area contributed by atoms with Gasteiger partial charge in [-0.2, -0.15) is 0 Å². The second-order valence-electron chi connectivity index (χ2n) is 4.71. The van der Waals surface area contributed by atoms with Crippen molar-refractivity contribution in [2.75, 3.05) is 5.32 Å². The fourth-order valence-electron chi connectivity index (χ4n) is 2.13. The van der Waals surface area contributed by atoms with E-state index in [4.69, 9.17) is 5.73 Å². The van der Waals surface area contributed by atoms with Crippen LogP contribution in [0.3, 0.4) is 0 Å². The number of nitrogens with one attached hydrogen (secondary N) is 1. The van der Waals surface area contributed by atoms with Crippen LogP contribution in [0.1, 0.15) is 18.0 Å². The predicted octanol–water partition coefficient (Wildman–Crippen LogP) is 1.72. The van der Waals surface area contributed by atoms with Crippen molar-refractivity contribution >= 4 is 37.6 Å². The Balaban J connectivity index is 1.71. The molecule has 0 spiro atoms. The molecule has 1 amide bonds. The van der Waals surface area contributed by atoms with Crippen LogP contribution in [0.15, 0.2) is 48.5 Å². The topological polar surface area (TPSA) is 80.9 Å². The fraction of sp³-hybridized carbons (Fsp3) is 0.133. The summed E-state index contributed by atoms with van der Waals surface area (Å²) in [6.07, 6.45) is 0.232. The molecule has 0 aliphatic heterocycles. The SMILES string of the molecule is NC(CC(=O)Nc1cccc2n[se]nc12)c1ccccc1. The summed E-state index contributed by atoms with van der Waals surface area (Å²) in [5.74, 6) is -0.116. The van der Waals surface area contributed by atoms with Gasteiger partial charge in [0.2, 0.25) is 0 Å². The molecule has 1 unspecified atom stereocenters. The molecule has 0 saturated carbocycles. The number of aromatic nitrogens is 2. The van der Waals surface area contributed by atoms with Crippen LogP contribution in [0.5, 0.6) is 0 Å². The number of benzene rings is 2. The normalized spacial score (nSPS) is 12.2. The van der Waals surface area contributed by atoms with Gasteiger partial charge in [-0.3, -0.25) is 0 Å². The summed E-state index contributed by atoms with van der Waals surface area (Å²) in [4.78, 5) is 12.1. The number of nitrogens with zero attached hydrogens (tertiary/aromatic N) is 2. The van der Waals surface area contributed by atoms with E-state index in [2.05, 4.69) is 13.3 Å². The van der Waals surface area contributed by atoms with Gasteiger partial charge in [-0.15, -0.1) is 0 Å². The van der Waals surface area contributed by atoms with Crippen molar-refractivity contribution in [3.8, 4) is 0 Å².